The summed E-state index contributed by atoms with van der Waals surface area (Å²) in [4.78, 5) is 0. The minimum atomic E-state index is -0.187. The van der Waals surface area contributed by atoms with Crippen molar-refractivity contribution in [3.63, 3.8) is 0 Å². The molecule has 1 unspecified atom stereocenters. The number of aryl methyl sites for hydroxylation is 1. The molecular formula is C15H23BrFN. The lowest BCUT2D eigenvalue weighted by Crippen LogP contribution is -2.24. The summed E-state index contributed by atoms with van der Waals surface area (Å²) >= 11 is 3.23. The Morgan fingerprint density at radius 2 is 1.94 bits per heavy atom. The summed E-state index contributed by atoms with van der Waals surface area (Å²) in [5.74, 6) is 0.507. The molecule has 0 heterocycles. The second-order valence-corrected chi connectivity index (χ2v) is 6.14. The van der Waals surface area contributed by atoms with Crippen LogP contribution in [-0.2, 0) is 6.42 Å². The van der Waals surface area contributed by atoms with E-state index in [0.29, 0.717) is 16.4 Å². The largest absolute Gasteiger partial charge is 0.315 e. The van der Waals surface area contributed by atoms with Crippen LogP contribution in [0.25, 0.3) is 0 Å². The van der Waals surface area contributed by atoms with E-state index in [1.807, 2.05) is 12.1 Å². The first-order valence-corrected chi connectivity index (χ1v) is 7.45. The highest BCUT2D eigenvalue weighted by Crippen LogP contribution is 2.19. The van der Waals surface area contributed by atoms with E-state index >= 15 is 0 Å². The maximum absolute atomic E-state index is 13.1. The number of nitrogens with one attached hydrogen (secondary N) is 1. The Bertz CT molecular complexity index is 366. The third kappa shape index (κ3) is 5.96. The fraction of sp³-hybridized carbons (Fsp3) is 0.600. The molecule has 1 aromatic carbocycles. The van der Waals surface area contributed by atoms with Crippen molar-refractivity contribution in [2.75, 3.05) is 6.54 Å². The molecule has 1 N–H and O–H groups in total. The smallest absolute Gasteiger partial charge is 0.137 e. The Morgan fingerprint density at radius 3 is 2.56 bits per heavy atom. The van der Waals surface area contributed by atoms with Gasteiger partial charge in [0.15, 0.2) is 0 Å². The number of benzene rings is 1. The summed E-state index contributed by atoms with van der Waals surface area (Å²) in [6.07, 6.45) is 3.36. The van der Waals surface area contributed by atoms with E-state index in [2.05, 4.69) is 42.0 Å². The van der Waals surface area contributed by atoms with Gasteiger partial charge in [0.05, 0.1) is 4.47 Å². The molecule has 0 aliphatic heterocycles. The second-order valence-electron chi connectivity index (χ2n) is 5.29. The van der Waals surface area contributed by atoms with Gasteiger partial charge in [0.2, 0.25) is 0 Å². The summed E-state index contributed by atoms with van der Waals surface area (Å²) in [5.41, 5.74) is 1.20. The van der Waals surface area contributed by atoms with E-state index in [9.17, 15) is 4.39 Å². The fourth-order valence-corrected chi connectivity index (χ4v) is 2.30. The van der Waals surface area contributed by atoms with Crippen LogP contribution in [0.3, 0.4) is 0 Å². The van der Waals surface area contributed by atoms with Gasteiger partial charge in [-0.2, -0.15) is 0 Å². The monoisotopic (exact) mass is 315 g/mol. The topological polar surface area (TPSA) is 12.0 Å². The lowest BCUT2D eigenvalue weighted by molar-refractivity contribution is 0.454. The lowest BCUT2D eigenvalue weighted by atomic mass is 9.98. The predicted molar refractivity (Wildman–Crippen MR) is 79.3 cm³/mol. The minimum Gasteiger partial charge on any atom is -0.315 e. The molecule has 1 nitrogen and oxygen atoms in total. The molecule has 0 aliphatic carbocycles. The molecule has 0 amide bonds. The fourth-order valence-electron chi connectivity index (χ4n) is 1.87. The average molecular weight is 316 g/mol. The van der Waals surface area contributed by atoms with E-state index in [0.717, 1.165) is 19.4 Å². The normalized spacial score (nSPS) is 13.0. The maximum atomic E-state index is 13.1. The zero-order chi connectivity index (χ0) is 13.5. The molecule has 1 atom stereocenters. The zero-order valence-electron chi connectivity index (χ0n) is 11.5. The molecule has 0 saturated carbocycles. The minimum absolute atomic E-state index is 0.187. The third-order valence-electron chi connectivity index (χ3n) is 3.10. The van der Waals surface area contributed by atoms with Gasteiger partial charge in [0.1, 0.15) is 5.82 Å². The molecule has 102 valence electrons. The van der Waals surface area contributed by atoms with Gasteiger partial charge < -0.3 is 5.32 Å². The average Bonchev–Trinajstić information content (AvgIpc) is 2.30. The highest BCUT2D eigenvalue weighted by atomic mass is 79.9. The van der Waals surface area contributed by atoms with Crippen molar-refractivity contribution in [3.8, 4) is 0 Å². The molecule has 3 heteroatoms. The Hall–Kier alpha value is -0.410. The second kappa shape index (κ2) is 7.90. The molecule has 1 rings (SSSR count). The predicted octanol–water partition coefficient (Wildman–Crippen LogP) is 4.55. The molecule has 18 heavy (non-hydrogen) atoms. The first kappa shape index (κ1) is 15.6. The molecule has 1 aromatic rings. The Kier molecular flexibility index (Phi) is 6.87. The van der Waals surface area contributed by atoms with Crippen LogP contribution in [-0.4, -0.2) is 12.6 Å². The quantitative estimate of drug-likeness (QED) is 0.778. The number of halogens is 2. The van der Waals surface area contributed by atoms with Gasteiger partial charge in [-0.3, -0.25) is 0 Å². The number of hydrogen-bond donors (Lipinski definition) is 1. The van der Waals surface area contributed by atoms with E-state index in [-0.39, 0.29) is 5.82 Å². The molecule has 0 aromatic heterocycles. The molecule has 0 radical (unpaired) electrons. The van der Waals surface area contributed by atoms with Gasteiger partial charge in [-0.1, -0.05) is 26.8 Å². The van der Waals surface area contributed by atoms with Gasteiger partial charge in [0, 0.05) is 6.04 Å². The van der Waals surface area contributed by atoms with E-state index in [1.165, 1.54) is 18.1 Å². The summed E-state index contributed by atoms with van der Waals surface area (Å²) in [5, 5.41) is 3.43. The van der Waals surface area contributed by atoms with Crippen molar-refractivity contribution >= 4 is 15.9 Å². The van der Waals surface area contributed by atoms with Crippen molar-refractivity contribution in [1.29, 1.82) is 0 Å². The molecule has 0 bridgehead atoms. The highest BCUT2D eigenvalue weighted by molar-refractivity contribution is 9.10. The Morgan fingerprint density at radius 1 is 1.22 bits per heavy atom. The first-order chi connectivity index (χ1) is 8.49. The van der Waals surface area contributed by atoms with Crippen molar-refractivity contribution in [2.24, 2.45) is 5.92 Å². The number of rotatable bonds is 7. The summed E-state index contributed by atoms with van der Waals surface area (Å²) < 4.78 is 13.6. The molecule has 0 spiro atoms. The summed E-state index contributed by atoms with van der Waals surface area (Å²) in [6, 6.07) is 5.85. The third-order valence-corrected chi connectivity index (χ3v) is 3.71. The van der Waals surface area contributed by atoms with Crippen LogP contribution in [0.1, 0.15) is 39.2 Å². The van der Waals surface area contributed by atoms with Crippen LogP contribution in [0.4, 0.5) is 4.39 Å². The Labute approximate surface area is 118 Å². The number of hydrogen-bond acceptors (Lipinski definition) is 1. The molecule has 0 aliphatic rings. The van der Waals surface area contributed by atoms with Crippen molar-refractivity contribution in [1.82, 2.24) is 5.32 Å². The molecular weight excluding hydrogens is 293 g/mol. The van der Waals surface area contributed by atoms with Crippen LogP contribution in [0.5, 0.6) is 0 Å². The van der Waals surface area contributed by atoms with Gasteiger partial charge in [0.25, 0.3) is 0 Å². The zero-order valence-corrected chi connectivity index (χ0v) is 13.1. The van der Waals surface area contributed by atoms with Crippen LogP contribution < -0.4 is 5.32 Å². The Balaban J connectivity index is 2.29. The van der Waals surface area contributed by atoms with Crippen molar-refractivity contribution in [3.05, 3.63) is 34.1 Å². The van der Waals surface area contributed by atoms with E-state index in [1.54, 1.807) is 0 Å². The van der Waals surface area contributed by atoms with Crippen LogP contribution in [0, 0.1) is 11.7 Å². The van der Waals surface area contributed by atoms with Gasteiger partial charge in [-0.15, -0.1) is 0 Å². The van der Waals surface area contributed by atoms with Crippen molar-refractivity contribution in [2.45, 2.75) is 46.1 Å². The maximum Gasteiger partial charge on any atom is 0.137 e. The van der Waals surface area contributed by atoms with Crippen LogP contribution in [0.15, 0.2) is 22.7 Å². The standard InChI is InChI=1S/C15H23BrFN/c1-11(2)18-9-8-12(3)4-5-13-6-7-15(17)14(16)10-13/h6-7,10-12,18H,4-5,8-9H2,1-3H3. The van der Waals surface area contributed by atoms with Crippen LogP contribution in [0.2, 0.25) is 0 Å². The lowest BCUT2D eigenvalue weighted by Gasteiger charge is -2.13. The van der Waals surface area contributed by atoms with E-state index < -0.39 is 0 Å². The SMILES string of the molecule is CC(CCNC(C)C)CCc1ccc(F)c(Br)c1. The molecule has 0 fully saturated rings. The first-order valence-electron chi connectivity index (χ1n) is 6.66. The molecule has 0 saturated heterocycles. The van der Waals surface area contributed by atoms with Gasteiger partial charge in [-0.05, 0) is 65.4 Å². The van der Waals surface area contributed by atoms with Crippen molar-refractivity contribution < 1.29 is 4.39 Å². The summed E-state index contributed by atoms with van der Waals surface area (Å²) in [6.45, 7) is 7.69. The highest BCUT2D eigenvalue weighted by Gasteiger charge is 2.05. The van der Waals surface area contributed by atoms with E-state index in [4.69, 9.17) is 0 Å². The summed E-state index contributed by atoms with van der Waals surface area (Å²) in [7, 11) is 0. The van der Waals surface area contributed by atoms with Gasteiger partial charge >= 0.3 is 0 Å². The van der Waals surface area contributed by atoms with Crippen LogP contribution >= 0.6 is 15.9 Å². The van der Waals surface area contributed by atoms with Gasteiger partial charge in [-0.25, -0.2) is 4.39 Å².